The predicted octanol–water partition coefficient (Wildman–Crippen LogP) is 9.33. The van der Waals surface area contributed by atoms with Crippen molar-refractivity contribution < 1.29 is 4.42 Å². The van der Waals surface area contributed by atoms with Gasteiger partial charge in [-0.15, -0.1) is 0 Å². The third-order valence-corrected chi connectivity index (χ3v) is 10.9. The summed E-state index contributed by atoms with van der Waals surface area (Å²) in [7, 11) is 0. The first kappa shape index (κ1) is 27.8. The van der Waals surface area contributed by atoms with Crippen molar-refractivity contribution in [1.82, 2.24) is 5.01 Å². The molecule has 4 aliphatic rings. The number of para-hydroxylation sites is 1. The summed E-state index contributed by atoms with van der Waals surface area (Å²) < 4.78 is 6.98. The smallest absolute Gasteiger partial charge is 0.153 e. The third kappa shape index (κ3) is 4.09. The van der Waals surface area contributed by atoms with Crippen molar-refractivity contribution >= 4 is 29.2 Å². The van der Waals surface area contributed by atoms with Gasteiger partial charge in [0, 0.05) is 22.5 Å². The molecule has 4 nitrogen and oxygen atoms in total. The highest BCUT2D eigenvalue weighted by Gasteiger charge is 2.60. The van der Waals surface area contributed by atoms with Crippen molar-refractivity contribution in [3.05, 3.63) is 197 Å². The van der Waals surface area contributed by atoms with E-state index in [4.69, 9.17) is 4.42 Å². The summed E-state index contributed by atoms with van der Waals surface area (Å²) in [6, 6.07) is 59.2. The molecular formula is C46H33N3O. The molecule has 50 heavy (non-hydrogen) atoms. The van der Waals surface area contributed by atoms with Crippen LogP contribution in [0.25, 0.3) is 34.4 Å². The van der Waals surface area contributed by atoms with Crippen LogP contribution in [0.4, 0.5) is 17.1 Å². The van der Waals surface area contributed by atoms with Crippen LogP contribution in [0.2, 0.25) is 0 Å². The number of hydrogen-bond donors (Lipinski definition) is 0. The van der Waals surface area contributed by atoms with Crippen molar-refractivity contribution in [3.63, 3.8) is 0 Å². The zero-order chi connectivity index (χ0) is 32.8. The zero-order valence-electron chi connectivity index (χ0n) is 27.3. The van der Waals surface area contributed by atoms with Gasteiger partial charge in [-0.2, -0.15) is 5.01 Å². The van der Waals surface area contributed by atoms with Crippen molar-refractivity contribution in [3.8, 4) is 22.3 Å². The van der Waals surface area contributed by atoms with Gasteiger partial charge in [-0.25, -0.2) is 0 Å². The molecule has 238 valence electrons. The number of rotatable bonds is 5. The minimum absolute atomic E-state index is 0.0306. The number of hydrogen-bond acceptors (Lipinski definition) is 4. The molecule has 0 radical (unpaired) electrons. The average Bonchev–Trinajstić information content (AvgIpc) is 3.46. The molecule has 4 heteroatoms. The first-order chi connectivity index (χ1) is 24.8. The highest BCUT2D eigenvalue weighted by atomic mass is 16.3. The van der Waals surface area contributed by atoms with E-state index in [2.05, 4.69) is 191 Å². The second kappa shape index (κ2) is 10.7. The molecule has 4 heterocycles. The largest absolute Gasteiger partial charge is 0.457 e. The van der Waals surface area contributed by atoms with E-state index in [0.717, 1.165) is 11.2 Å². The number of nitrogens with zero attached hydrogens (tertiary/aromatic N) is 3. The molecule has 0 amide bonds. The van der Waals surface area contributed by atoms with Gasteiger partial charge < -0.3 is 9.32 Å². The fourth-order valence-electron chi connectivity index (χ4n) is 8.70. The highest BCUT2D eigenvalue weighted by Crippen LogP contribution is 2.60. The van der Waals surface area contributed by atoms with Gasteiger partial charge in [-0.3, -0.25) is 5.01 Å². The van der Waals surface area contributed by atoms with E-state index in [0.29, 0.717) is 0 Å². The lowest BCUT2D eigenvalue weighted by Crippen LogP contribution is -2.37. The minimum Gasteiger partial charge on any atom is -0.457 e. The summed E-state index contributed by atoms with van der Waals surface area (Å²) in [5, 5.41) is 6.15. The molecule has 5 atom stereocenters. The lowest BCUT2D eigenvalue weighted by atomic mass is 9.90. The normalized spacial score (nSPS) is 22.0. The second-order valence-corrected chi connectivity index (χ2v) is 13.7. The maximum atomic E-state index is 6.98. The molecule has 1 aromatic heterocycles. The van der Waals surface area contributed by atoms with Crippen LogP contribution in [0.3, 0.4) is 0 Å². The molecule has 7 aromatic rings. The van der Waals surface area contributed by atoms with Crippen molar-refractivity contribution in [2.75, 3.05) is 9.91 Å². The van der Waals surface area contributed by atoms with Crippen molar-refractivity contribution in [2.24, 2.45) is 0 Å². The maximum absolute atomic E-state index is 6.98. The van der Waals surface area contributed by atoms with Gasteiger partial charge in [-0.05, 0) is 69.3 Å². The molecule has 0 saturated carbocycles. The molecule has 0 bridgehead atoms. The number of anilines is 3. The summed E-state index contributed by atoms with van der Waals surface area (Å²) in [6.07, 6.45) is 5.07. The number of hydrazine groups is 1. The lowest BCUT2D eigenvalue weighted by Gasteiger charge is -2.29. The van der Waals surface area contributed by atoms with E-state index in [1.807, 2.05) is 0 Å². The van der Waals surface area contributed by atoms with E-state index in [-0.39, 0.29) is 24.2 Å². The third-order valence-electron chi connectivity index (χ3n) is 10.9. The Labute approximate surface area is 291 Å². The van der Waals surface area contributed by atoms with E-state index in [1.165, 1.54) is 61.2 Å². The predicted molar refractivity (Wildman–Crippen MR) is 201 cm³/mol. The average molecular weight is 644 g/mol. The van der Waals surface area contributed by atoms with Crippen LogP contribution in [0.5, 0.6) is 0 Å². The fourth-order valence-corrected chi connectivity index (χ4v) is 8.70. The first-order valence-corrected chi connectivity index (χ1v) is 17.5. The minimum atomic E-state index is 0.0306. The topological polar surface area (TPSA) is 22.4 Å². The van der Waals surface area contributed by atoms with E-state index in [1.54, 1.807) is 0 Å². The van der Waals surface area contributed by atoms with Gasteiger partial charge in [-0.1, -0.05) is 146 Å². The lowest BCUT2D eigenvalue weighted by molar-refractivity contribution is 0.364. The fraction of sp³-hybridized carbons (Fsp3) is 0.0870. The number of fused-ring (bicyclic) bond motifs is 8. The monoisotopic (exact) mass is 643 g/mol. The second-order valence-electron chi connectivity index (χ2n) is 13.7. The summed E-state index contributed by atoms with van der Waals surface area (Å²) in [5.74, 6) is 1.22. The highest BCUT2D eigenvalue weighted by molar-refractivity contribution is 5.86. The molecule has 11 rings (SSSR count). The van der Waals surface area contributed by atoms with Crippen LogP contribution in [-0.4, -0.2) is 11.1 Å². The Morgan fingerprint density at radius 1 is 0.520 bits per heavy atom. The Morgan fingerprint density at radius 3 is 1.76 bits per heavy atom. The van der Waals surface area contributed by atoms with Crippen LogP contribution in [0.1, 0.15) is 40.6 Å². The Morgan fingerprint density at radius 2 is 1.10 bits per heavy atom. The molecule has 1 saturated heterocycles. The summed E-state index contributed by atoms with van der Waals surface area (Å²) in [4.78, 5) is 2.54. The molecular weight excluding hydrogens is 611 g/mol. The van der Waals surface area contributed by atoms with Crippen LogP contribution < -0.4 is 20.5 Å². The molecule has 0 N–H and O–H groups in total. The molecule has 1 aliphatic carbocycles. The number of benzene rings is 6. The molecule has 1 fully saturated rings. The standard InChI is InChI=1S/C46H33N3O/c1-5-15-30(16-6-1)34-25-35(31-17-7-2-8-18-31)27-36(26-34)47-40-24-14-13-23-37(40)38-28-39-42(29-41(38)47)50-45-43(32-19-9-3-10-20-32)48-46(49(48)44(39)45)33-21-11-4-12-22-33/h1-29,38,41,43,46H. The van der Waals surface area contributed by atoms with Gasteiger partial charge >= 0.3 is 0 Å². The summed E-state index contributed by atoms with van der Waals surface area (Å²) in [5.41, 5.74) is 13.3. The van der Waals surface area contributed by atoms with Gasteiger partial charge in [0.25, 0.3) is 0 Å². The van der Waals surface area contributed by atoms with Crippen molar-refractivity contribution in [2.45, 2.75) is 24.2 Å². The Kier molecular flexibility index (Phi) is 5.95. The van der Waals surface area contributed by atoms with E-state index < -0.39 is 0 Å². The quantitative estimate of drug-likeness (QED) is 0.174. The van der Waals surface area contributed by atoms with E-state index >= 15 is 0 Å². The van der Waals surface area contributed by atoms with Gasteiger partial charge in [0.05, 0.1) is 6.04 Å². The Balaban J connectivity index is 1.09. The van der Waals surface area contributed by atoms with Gasteiger partial charge in [0.15, 0.2) is 5.76 Å². The first-order valence-electron chi connectivity index (χ1n) is 17.5. The van der Waals surface area contributed by atoms with Crippen LogP contribution >= 0.6 is 0 Å². The molecule has 6 aromatic carbocycles. The summed E-state index contributed by atoms with van der Waals surface area (Å²) in [6.45, 7) is 0. The van der Waals surface area contributed by atoms with Gasteiger partial charge in [0.1, 0.15) is 23.3 Å². The van der Waals surface area contributed by atoms with Gasteiger partial charge in [0.2, 0.25) is 0 Å². The molecule has 0 spiro atoms. The van der Waals surface area contributed by atoms with Crippen LogP contribution in [-0.2, 0) is 0 Å². The maximum Gasteiger partial charge on any atom is 0.153 e. The van der Waals surface area contributed by atoms with E-state index in [9.17, 15) is 0 Å². The number of furan rings is 1. The summed E-state index contributed by atoms with van der Waals surface area (Å²) >= 11 is 0. The molecule has 5 unspecified atom stereocenters. The zero-order valence-corrected chi connectivity index (χ0v) is 27.3. The van der Waals surface area contributed by atoms with Crippen LogP contribution in [0.15, 0.2) is 168 Å². The SMILES string of the molecule is C1=c2oc3c(c2=CC2c4ccccc4N(c4cc(-c5ccccc5)cc(-c5ccccc5)c4)C12)N1C(c2ccccc2)N1C3c1ccccc1. The van der Waals surface area contributed by atoms with Crippen LogP contribution in [0, 0.1) is 0 Å². The Hall–Kier alpha value is -6.10. The Bertz CT molecular complexity index is 2470. The molecule has 3 aliphatic heterocycles. The van der Waals surface area contributed by atoms with Crippen molar-refractivity contribution in [1.29, 1.82) is 0 Å².